The fourth-order valence-corrected chi connectivity index (χ4v) is 4.66. The molecule has 0 aromatic carbocycles. The first-order chi connectivity index (χ1) is 10.7. The lowest BCUT2D eigenvalue weighted by Gasteiger charge is -2.59. The van der Waals surface area contributed by atoms with E-state index in [2.05, 4.69) is 4.90 Å². The summed E-state index contributed by atoms with van der Waals surface area (Å²) < 4.78 is 11.3. The van der Waals surface area contributed by atoms with Crippen molar-refractivity contribution in [3.63, 3.8) is 0 Å². The van der Waals surface area contributed by atoms with Crippen LogP contribution in [0.1, 0.15) is 40.0 Å². The van der Waals surface area contributed by atoms with Crippen molar-refractivity contribution in [1.29, 1.82) is 0 Å². The third-order valence-corrected chi connectivity index (χ3v) is 5.69. The van der Waals surface area contributed by atoms with Crippen molar-refractivity contribution in [1.82, 2.24) is 4.90 Å². The summed E-state index contributed by atoms with van der Waals surface area (Å²) in [4.78, 5) is 26.5. The van der Waals surface area contributed by atoms with Gasteiger partial charge in [0.2, 0.25) is 0 Å². The quantitative estimate of drug-likeness (QED) is 0.719. The van der Waals surface area contributed by atoms with E-state index < -0.39 is 29.2 Å². The molecule has 0 unspecified atom stereocenters. The Balaban J connectivity index is 1.71. The summed E-state index contributed by atoms with van der Waals surface area (Å²) in [5.74, 6) is -0.731. The normalized spacial score (nSPS) is 42.1. The minimum Gasteiger partial charge on any atom is -0.457 e. The minimum atomic E-state index is -1.02. The molecule has 0 aromatic rings. The van der Waals surface area contributed by atoms with E-state index in [-0.39, 0.29) is 18.1 Å². The monoisotopic (exact) mass is 321 g/mol. The molecule has 126 valence electrons. The fraction of sp³-hybridized carbons (Fsp3) is 0.765. The smallest absolute Gasteiger partial charge is 0.331 e. The summed E-state index contributed by atoms with van der Waals surface area (Å²) >= 11 is 0. The molecule has 5 aliphatic rings. The van der Waals surface area contributed by atoms with Crippen molar-refractivity contribution < 1.29 is 24.2 Å². The zero-order valence-electron chi connectivity index (χ0n) is 13.7. The van der Waals surface area contributed by atoms with Gasteiger partial charge in [-0.1, -0.05) is 0 Å². The highest BCUT2D eigenvalue weighted by atomic mass is 16.6. The number of fused-ring (bicyclic) bond motifs is 1. The van der Waals surface area contributed by atoms with Crippen LogP contribution < -0.4 is 0 Å². The molecule has 6 nitrogen and oxygen atoms in total. The number of esters is 2. The Hall–Kier alpha value is -1.40. The highest BCUT2D eigenvalue weighted by Crippen LogP contribution is 2.54. The number of nitrogens with zero attached hydrogens (tertiary/aromatic N) is 1. The summed E-state index contributed by atoms with van der Waals surface area (Å²) in [6.45, 7) is 6.26. The predicted octanol–water partition coefficient (Wildman–Crippen LogP) is 0.777. The minimum absolute atomic E-state index is 0.00135. The molecular weight excluding hydrogens is 298 g/mol. The van der Waals surface area contributed by atoms with Crippen LogP contribution in [0, 0.1) is 5.41 Å². The largest absolute Gasteiger partial charge is 0.457 e. The van der Waals surface area contributed by atoms with Gasteiger partial charge >= 0.3 is 11.9 Å². The van der Waals surface area contributed by atoms with Gasteiger partial charge in [-0.3, -0.25) is 9.69 Å². The molecular formula is C17H23NO5. The molecule has 1 spiro atoms. The van der Waals surface area contributed by atoms with E-state index in [1.165, 1.54) is 6.08 Å². The highest BCUT2D eigenvalue weighted by Gasteiger charge is 2.70. The molecule has 1 saturated carbocycles. The predicted molar refractivity (Wildman–Crippen MR) is 80.4 cm³/mol. The molecule has 1 aliphatic carbocycles. The van der Waals surface area contributed by atoms with Gasteiger partial charge in [0.1, 0.15) is 12.2 Å². The first-order valence-corrected chi connectivity index (χ1v) is 8.34. The van der Waals surface area contributed by atoms with E-state index in [4.69, 9.17) is 9.47 Å². The molecule has 2 bridgehead atoms. The first-order valence-electron chi connectivity index (χ1n) is 8.34. The SMILES string of the molecule is CC(C)(C)C(=O)O[C@H]1[C@@H](O)[C@@]23OC(=O)C=C2C[C@@H]1N1CCC[C@H]13. The van der Waals surface area contributed by atoms with Crippen LogP contribution in [0.2, 0.25) is 0 Å². The van der Waals surface area contributed by atoms with Crippen LogP contribution in [-0.2, 0) is 19.1 Å². The Labute approximate surface area is 135 Å². The lowest BCUT2D eigenvalue weighted by molar-refractivity contribution is -0.235. The third-order valence-electron chi connectivity index (χ3n) is 5.69. The van der Waals surface area contributed by atoms with Crippen LogP contribution in [-0.4, -0.2) is 58.4 Å². The number of ether oxygens (including phenoxy) is 2. The number of hydrogen-bond donors (Lipinski definition) is 1. The molecule has 0 amide bonds. The van der Waals surface area contributed by atoms with Gasteiger partial charge in [-0.2, -0.15) is 0 Å². The maximum Gasteiger partial charge on any atom is 0.331 e. The van der Waals surface area contributed by atoms with Crippen LogP contribution in [0.4, 0.5) is 0 Å². The van der Waals surface area contributed by atoms with Gasteiger partial charge in [0, 0.05) is 6.08 Å². The average Bonchev–Trinajstić information content (AvgIpc) is 3.05. The average molecular weight is 321 g/mol. The van der Waals surface area contributed by atoms with Crippen molar-refractivity contribution in [3.8, 4) is 0 Å². The highest BCUT2D eigenvalue weighted by molar-refractivity contribution is 5.87. The summed E-state index contributed by atoms with van der Waals surface area (Å²) in [5, 5.41) is 11.0. The van der Waals surface area contributed by atoms with E-state index in [9.17, 15) is 14.7 Å². The second-order valence-corrected chi connectivity index (χ2v) is 8.12. The van der Waals surface area contributed by atoms with Crippen LogP contribution >= 0.6 is 0 Å². The van der Waals surface area contributed by atoms with Crippen molar-refractivity contribution >= 4 is 11.9 Å². The van der Waals surface area contributed by atoms with Crippen molar-refractivity contribution in [2.75, 3.05) is 6.54 Å². The van der Waals surface area contributed by atoms with E-state index in [1.54, 1.807) is 20.8 Å². The van der Waals surface area contributed by atoms with Crippen molar-refractivity contribution in [3.05, 3.63) is 11.6 Å². The molecule has 4 aliphatic heterocycles. The molecule has 5 atom stereocenters. The Morgan fingerprint density at radius 2 is 2.22 bits per heavy atom. The fourth-order valence-electron chi connectivity index (χ4n) is 4.66. The third kappa shape index (κ3) is 1.88. The molecule has 0 aromatic heterocycles. The Kier molecular flexibility index (Phi) is 3.01. The van der Waals surface area contributed by atoms with Gasteiger partial charge in [-0.25, -0.2) is 4.79 Å². The maximum atomic E-state index is 12.3. The van der Waals surface area contributed by atoms with Crippen molar-refractivity contribution in [2.45, 2.75) is 69.9 Å². The van der Waals surface area contributed by atoms with Crippen LogP contribution in [0.25, 0.3) is 0 Å². The first kappa shape index (κ1) is 15.1. The Morgan fingerprint density at radius 1 is 1.48 bits per heavy atom. The van der Waals surface area contributed by atoms with E-state index in [0.29, 0.717) is 6.42 Å². The Morgan fingerprint density at radius 3 is 2.91 bits per heavy atom. The number of aliphatic hydroxyl groups excluding tert-OH is 1. The molecule has 3 saturated heterocycles. The Bertz CT molecular complexity index is 605. The number of piperidine rings is 2. The summed E-state index contributed by atoms with van der Waals surface area (Å²) in [6, 6.07) is -0.0787. The second kappa shape index (κ2) is 4.57. The number of hydrogen-bond acceptors (Lipinski definition) is 6. The summed E-state index contributed by atoms with van der Waals surface area (Å²) in [5.41, 5.74) is -0.791. The number of carbonyl (C=O) groups excluding carboxylic acids is 2. The molecule has 1 N–H and O–H groups in total. The zero-order chi connectivity index (χ0) is 16.6. The standard InChI is InChI=1S/C17H23NO5/c1-16(2,3)15(21)22-13-10-7-9-8-12(19)23-17(9,14(13)20)11-5-4-6-18(10)11/h8,10-11,13-14,20H,4-7H2,1-3H3/t10-,11-,13+,14+,17+/m0/s1. The number of aliphatic hydroxyl groups is 1. The van der Waals surface area contributed by atoms with Crippen LogP contribution in [0.5, 0.6) is 0 Å². The van der Waals surface area contributed by atoms with Crippen LogP contribution in [0.15, 0.2) is 11.6 Å². The lowest BCUT2D eigenvalue weighted by atomic mass is 9.65. The molecule has 6 heteroatoms. The molecule has 0 radical (unpaired) electrons. The maximum absolute atomic E-state index is 12.3. The van der Waals surface area contributed by atoms with E-state index in [1.807, 2.05) is 0 Å². The second-order valence-electron chi connectivity index (χ2n) is 8.12. The van der Waals surface area contributed by atoms with E-state index in [0.717, 1.165) is 25.0 Å². The molecule has 4 fully saturated rings. The van der Waals surface area contributed by atoms with E-state index >= 15 is 0 Å². The lowest BCUT2D eigenvalue weighted by Crippen LogP contribution is -2.76. The number of carbonyl (C=O) groups is 2. The van der Waals surface area contributed by atoms with Gasteiger partial charge in [-0.15, -0.1) is 0 Å². The van der Waals surface area contributed by atoms with Crippen LogP contribution in [0.3, 0.4) is 0 Å². The molecule has 5 rings (SSSR count). The molecule has 4 heterocycles. The summed E-state index contributed by atoms with van der Waals surface area (Å²) in [7, 11) is 0. The van der Waals surface area contributed by atoms with Gasteiger partial charge in [0.05, 0.1) is 17.5 Å². The molecule has 23 heavy (non-hydrogen) atoms. The van der Waals surface area contributed by atoms with Gasteiger partial charge in [0.25, 0.3) is 0 Å². The van der Waals surface area contributed by atoms with Gasteiger partial charge in [0.15, 0.2) is 5.60 Å². The zero-order valence-corrected chi connectivity index (χ0v) is 13.7. The summed E-state index contributed by atoms with van der Waals surface area (Å²) in [6.07, 6.45) is 2.37. The topological polar surface area (TPSA) is 76.1 Å². The van der Waals surface area contributed by atoms with Gasteiger partial charge < -0.3 is 14.6 Å². The van der Waals surface area contributed by atoms with Gasteiger partial charge in [-0.05, 0) is 52.2 Å². The number of rotatable bonds is 1. The van der Waals surface area contributed by atoms with Crippen molar-refractivity contribution in [2.24, 2.45) is 5.41 Å².